The average molecular weight is 429 g/mol. The molecule has 0 amide bonds. The molecule has 0 aliphatic rings. The van der Waals surface area contributed by atoms with Crippen molar-refractivity contribution in [3.05, 3.63) is 55.3 Å². The monoisotopic (exact) mass is 428 g/mol. The normalized spacial score (nSPS) is 12.7. The summed E-state index contributed by atoms with van der Waals surface area (Å²) >= 11 is 7.50. The summed E-state index contributed by atoms with van der Waals surface area (Å²) in [4.78, 5) is 0.132. The lowest BCUT2D eigenvalue weighted by atomic mass is 10.1. The minimum absolute atomic E-state index is 0.132. The molecule has 1 unspecified atom stereocenters. The zero-order valence-corrected chi connectivity index (χ0v) is 13.2. The number of hydrogen-bond acceptors (Lipinski definition) is 1. The van der Waals surface area contributed by atoms with Crippen molar-refractivity contribution in [3.8, 4) is 0 Å². The van der Waals surface area contributed by atoms with Crippen molar-refractivity contribution in [1.29, 1.82) is 0 Å². The van der Waals surface area contributed by atoms with Gasteiger partial charge in [0.15, 0.2) is 11.6 Å². The lowest BCUT2D eigenvalue weighted by Gasteiger charge is -2.08. The van der Waals surface area contributed by atoms with Crippen LogP contribution in [0.3, 0.4) is 0 Å². The van der Waals surface area contributed by atoms with Crippen molar-refractivity contribution in [3.63, 3.8) is 0 Å². The number of hydrogen-bond donors (Lipinski definition) is 0. The fourth-order valence-corrected chi connectivity index (χ4v) is 3.72. The number of alkyl halides is 1. The minimum Gasteiger partial charge on any atom is -0.204 e. The Morgan fingerprint density at radius 1 is 1.24 bits per heavy atom. The van der Waals surface area contributed by atoms with Gasteiger partial charge in [-0.15, -0.1) is 11.3 Å². The summed E-state index contributed by atoms with van der Waals surface area (Å²) in [5.41, 5.74) is 1.95. The van der Waals surface area contributed by atoms with Gasteiger partial charge >= 0.3 is 0 Å². The molecule has 0 nitrogen and oxygen atoms in total. The molecule has 0 spiro atoms. The molecule has 0 N–H and O–H groups in total. The van der Waals surface area contributed by atoms with E-state index in [2.05, 4.69) is 50.0 Å². The van der Waals surface area contributed by atoms with Crippen LogP contribution >= 0.6 is 49.9 Å². The van der Waals surface area contributed by atoms with Gasteiger partial charge in [-0.05, 0) is 63.7 Å². The summed E-state index contributed by atoms with van der Waals surface area (Å²) < 4.78 is 27.0. The zero-order chi connectivity index (χ0) is 12.4. The van der Waals surface area contributed by atoms with E-state index in [9.17, 15) is 8.78 Å². The van der Waals surface area contributed by atoms with E-state index in [1.165, 1.54) is 20.6 Å². The third-order valence-electron chi connectivity index (χ3n) is 2.35. The molecule has 90 valence electrons. The van der Waals surface area contributed by atoms with Gasteiger partial charge < -0.3 is 0 Å². The van der Waals surface area contributed by atoms with Gasteiger partial charge in [-0.3, -0.25) is 0 Å². The minimum atomic E-state index is -0.801. The summed E-state index contributed by atoms with van der Waals surface area (Å²) in [6, 6.07) is 6.12. The summed E-state index contributed by atoms with van der Waals surface area (Å²) in [5.74, 6) is -1.59. The van der Waals surface area contributed by atoms with Gasteiger partial charge in [-0.25, -0.2) is 8.78 Å². The molecule has 1 heterocycles. The van der Waals surface area contributed by atoms with E-state index in [-0.39, 0.29) is 4.83 Å². The Kier molecular flexibility index (Phi) is 4.54. The molecule has 1 atom stereocenters. The van der Waals surface area contributed by atoms with Crippen molar-refractivity contribution in [1.82, 2.24) is 0 Å². The Morgan fingerprint density at radius 2 is 2.00 bits per heavy atom. The molecule has 5 heteroatoms. The van der Waals surface area contributed by atoms with Crippen LogP contribution < -0.4 is 0 Å². The van der Waals surface area contributed by atoms with E-state index >= 15 is 0 Å². The van der Waals surface area contributed by atoms with E-state index in [0.29, 0.717) is 6.42 Å². The highest BCUT2D eigenvalue weighted by atomic mass is 127. The van der Waals surface area contributed by atoms with Crippen LogP contribution in [-0.2, 0) is 6.42 Å². The predicted octanol–water partition coefficient (Wildman–Crippen LogP) is 5.31. The van der Waals surface area contributed by atoms with Crippen molar-refractivity contribution in [2.45, 2.75) is 11.2 Å². The van der Waals surface area contributed by atoms with E-state index in [1.807, 2.05) is 0 Å². The molecule has 0 aliphatic carbocycles. The second-order valence-corrected chi connectivity index (χ2v) is 7.52. The van der Waals surface area contributed by atoms with Gasteiger partial charge in [0.1, 0.15) is 0 Å². The number of halogens is 4. The maximum absolute atomic E-state index is 13.0. The molecular formula is C12H8BrF2IS. The van der Waals surface area contributed by atoms with Gasteiger partial charge in [-0.2, -0.15) is 0 Å². The summed E-state index contributed by atoms with van der Waals surface area (Å²) in [6.07, 6.45) is 0.643. The average Bonchev–Trinajstić information content (AvgIpc) is 2.70. The highest BCUT2D eigenvalue weighted by Gasteiger charge is 2.11. The standard InChI is InChI=1S/C12H8BrF2IS/c13-9(8-5-12(16)17-6-8)3-7-1-2-10(14)11(15)4-7/h1-2,4-6,9H,3H2. The van der Waals surface area contributed by atoms with Gasteiger partial charge in [-0.1, -0.05) is 22.0 Å². The maximum Gasteiger partial charge on any atom is 0.159 e. The number of rotatable bonds is 3. The third-order valence-corrected chi connectivity index (χ3v) is 5.01. The van der Waals surface area contributed by atoms with Crippen molar-refractivity contribution in [2.24, 2.45) is 0 Å². The van der Waals surface area contributed by atoms with Crippen LogP contribution in [0.4, 0.5) is 8.78 Å². The van der Waals surface area contributed by atoms with Gasteiger partial charge in [0, 0.05) is 4.83 Å². The third kappa shape index (κ3) is 3.48. The van der Waals surface area contributed by atoms with Gasteiger partial charge in [0.2, 0.25) is 0 Å². The number of thiophene rings is 1. The lowest BCUT2D eigenvalue weighted by molar-refractivity contribution is 0.507. The predicted molar refractivity (Wildman–Crippen MR) is 78.8 cm³/mol. The van der Waals surface area contributed by atoms with Crippen LogP contribution in [0.2, 0.25) is 0 Å². The quantitative estimate of drug-likeness (QED) is 0.459. The zero-order valence-electron chi connectivity index (χ0n) is 8.59. The first-order valence-corrected chi connectivity index (χ1v) is 7.75. The Morgan fingerprint density at radius 3 is 2.59 bits per heavy atom. The molecule has 0 bridgehead atoms. The first-order chi connectivity index (χ1) is 8.06. The molecule has 1 aromatic carbocycles. The highest BCUT2D eigenvalue weighted by Crippen LogP contribution is 2.31. The first-order valence-electron chi connectivity index (χ1n) is 4.88. The van der Waals surface area contributed by atoms with Gasteiger partial charge in [0.05, 0.1) is 2.88 Å². The molecule has 2 aromatic rings. The molecule has 0 saturated carbocycles. The van der Waals surface area contributed by atoms with Crippen LogP contribution in [0.25, 0.3) is 0 Å². The topological polar surface area (TPSA) is 0 Å². The molecule has 0 aliphatic heterocycles. The van der Waals surface area contributed by atoms with Gasteiger partial charge in [0.25, 0.3) is 0 Å². The highest BCUT2D eigenvalue weighted by molar-refractivity contribution is 14.1. The fraction of sp³-hybridized carbons (Fsp3) is 0.167. The van der Waals surface area contributed by atoms with E-state index in [1.54, 1.807) is 17.4 Å². The summed E-state index contributed by atoms with van der Waals surface area (Å²) in [7, 11) is 0. The second-order valence-electron chi connectivity index (χ2n) is 3.60. The van der Waals surface area contributed by atoms with Crippen LogP contribution in [0, 0.1) is 14.5 Å². The molecule has 0 radical (unpaired) electrons. The summed E-state index contributed by atoms with van der Waals surface area (Å²) in [5, 5.41) is 2.07. The van der Waals surface area contributed by atoms with Crippen LogP contribution in [-0.4, -0.2) is 0 Å². The molecule has 0 fully saturated rings. The van der Waals surface area contributed by atoms with Crippen molar-refractivity contribution >= 4 is 49.9 Å². The van der Waals surface area contributed by atoms with Crippen molar-refractivity contribution < 1.29 is 8.78 Å². The molecule has 1 aromatic heterocycles. The Balaban J connectivity index is 2.12. The molecule has 0 saturated heterocycles. The SMILES string of the molecule is Fc1ccc(CC(Br)c2csc(I)c2)cc1F. The van der Waals surface area contributed by atoms with E-state index < -0.39 is 11.6 Å². The largest absolute Gasteiger partial charge is 0.204 e. The maximum atomic E-state index is 13.0. The Hall–Kier alpha value is -0.0100. The Bertz CT molecular complexity index is 527. The smallest absolute Gasteiger partial charge is 0.159 e. The van der Waals surface area contributed by atoms with E-state index in [0.717, 1.165) is 5.56 Å². The molecule has 2 rings (SSSR count). The van der Waals surface area contributed by atoms with Crippen LogP contribution in [0.5, 0.6) is 0 Å². The van der Waals surface area contributed by atoms with Crippen LogP contribution in [0.15, 0.2) is 29.6 Å². The lowest BCUT2D eigenvalue weighted by Crippen LogP contribution is -1.95. The number of benzene rings is 1. The first kappa shape index (κ1) is 13.4. The van der Waals surface area contributed by atoms with Crippen LogP contribution in [0.1, 0.15) is 16.0 Å². The summed E-state index contributed by atoms with van der Waals surface area (Å²) in [6.45, 7) is 0. The second kappa shape index (κ2) is 5.75. The molecule has 17 heavy (non-hydrogen) atoms. The van der Waals surface area contributed by atoms with E-state index in [4.69, 9.17) is 0 Å². The Labute approximate surface area is 124 Å². The fourth-order valence-electron chi connectivity index (χ4n) is 1.48. The molecular weight excluding hydrogens is 421 g/mol. The van der Waals surface area contributed by atoms with Crippen molar-refractivity contribution in [2.75, 3.05) is 0 Å².